The average molecular weight is 353 g/mol. The van der Waals surface area contributed by atoms with Crippen LogP contribution in [0.4, 0.5) is 0 Å². The fourth-order valence-electron chi connectivity index (χ4n) is 4.22. The molecule has 25 heavy (non-hydrogen) atoms. The predicted molar refractivity (Wildman–Crippen MR) is 104 cm³/mol. The van der Waals surface area contributed by atoms with Gasteiger partial charge in [0.05, 0.1) is 11.0 Å². The lowest BCUT2D eigenvalue weighted by Gasteiger charge is -2.48. The van der Waals surface area contributed by atoms with Crippen LogP contribution in [-0.2, 0) is 9.53 Å². The van der Waals surface area contributed by atoms with Gasteiger partial charge in [-0.2, -0.15) is 0 Å². The molecule has 0 radical (unpaired) electrons. The van der Waals surface area contributed by atoms with Gasteiger partial charge in [-0.1, -0.05) is 46.8 Å². The minimum absolute atomic E-state index is 0.171. The van der Waals surface area contributed by atoms with Crippen molar-refractivity contribution in [2.75, 3.05) is 0 Å². The molecule has 3 unspecified atom stereocenters. The highest BCUT2D eigenvalue weighted by atomic mass is 16.6. The summed E-state index contributed by atoms with van der Waals surface area (Å²) in [6.45, 7) is 20.1. The second-order valence-corrected chi connectivity index (χ2v) is 9.94. The highest BCUT2D eigenvalue weighted by Gasteiger charge is 2.52. The zero-order chi connectivity index (χ0) is 19.7. The summed E-state index contributed by atoms with van der Waals surface area (Å²) in [4.78, 5) is 13.4. The Morgan fingerprint density at radius 2 is 1.80 bits per heavy atom. The molecule has 0 amide bonds. The lowest BCUT2D eigenvalue weighted by atomic mass is 9.63. The van der Waals surface area contributed by atoms with E-state index in [4.69, 9.17) is 4.74 Å². The highest BCUT2D eigenvalue weighted by Crippen LogP contribution is 2.49. The maximum Gasteiger partial charge on any atom is 0.312 e. The molecule has 0 spiro atoms. The molecule has 146 valence electrons. The van der Waals surface area contributed by atoms with Crippen molar-refractivity contribution in [1.82, 2.24) is 0 Å². The predicted octanol–water partition coefficient (Wildman–Crippen LogP) is 5.66. The number of hydrogen-bond acceptors (Lipinski definition) is 3. The summed E-state index contributed by atoms with van der Waals surface area (Å²) < 4.78 is 6.33. The number of esters is 1. The molecule has 0 aromatic heterocycles. The van der Waals surface area contributed by atoms with Crippen LogP contribution in [0.5, 0.6) is 0 Å². The van der Waals surface area contributed by atoms with Gasteiger partial charge in [0, 0.05) is 5.92 Å². The minimum atomic E-state index is -0.925. The Morgan fingerprint density at radius 1 is 1.24 bits per heavy atom. The SMILES string of the molecule is C=C1CCC(CC)(OC(=O)C(C)(CC(C)(C)O)C(C)(C)C)C(CC)C1. The number of rotatable bonds is 6. The minimum Gasteiger partial charge on any atom is -0.458 e. The van der Waals surface area contributed by atoms with Gasteiger partial charge in [0.2, 0.25) is 0 Å². The summed E-state index contributed by atoms with van der Waals surface area (Å²) in [6, 6.07) is 0. The Labute approximate surface area is 155 Å². The Balaban J connectivity index is 3.18. The first kappa shape index (κ1) is 22.2. The molecule has 0 aromatic carbocycles. The first-order valence-corrected chi connectivity index (χ1v) is 9.83. The summed E-state index contributed by atoms with van der Waals surface area (Å²) >= 11 is 0. The summed E-state index contributed by atoms with van der Waals surface area (Å²) in [5, 5.41) is 10.4. The number of allylic oxidation sites excluding steroid dienone is 1. The van der Waals surface area contributed by atoms with E-state index in [2.05, 4.69) is 41.2 Å². The summed E-state index contributed by atoms with van der Waals surface area (Å²) in [5.74, 6) is 0.156. The standard InChI is InChI=1S/C22H40O3/c1-10-17-14-16(3)12-13-22(17,11-2)25-18(23)21(9,19(4,5)6)15-20(7,8)24/h17,24H,3,10-15H2,1-2,4-9H3. The Kier molecular flexibility index (Phi) is 6.59. The van der Waals surface area contributed by atoms with Gasteiger partial charge in [0.25, 0.3) is 0 Å². The van der Waals surface area contributed by atoms with Gasteiger partial charge in [-0.3, -0.25) is 4.79 Å². The molecule has 1 N–H and O–H groups in total. The van der Waals surface area contributed by atoms with Crippen molar-refractivity contribution in [3.05, 3.63) is 12.2 Å². The summed E-state index contributed by atoms with van der Waals surface area (Å²) in [6.07, 6.45) is 4.91. The smallest absolute Gasteiger partial charge is 0.312 e. The van der Waals surface area contributed by atoms with Gasteiger partial charge in [-0.05, 0) is 64.7 Å². The molecule has 3 atom stereocenters. The number of ether oxygens (including phenoxy) is 1. The molecule has 0 bridgehead atoms. The topological polar surface area (TPSA) is 46.5 Å². The van der Waals surface area contributed by atoms with E-state index in [1.54, 1.807) is 13.8 Å². The van der Waals surface area contributed by atoms with Crippen LogP contribution in [0.1, 0.15) is 93.9 Å². The molecule has 0 heterocycles. The van der Waals surface area contributed by atoms with E-state index in [0.717, 1.165) is 32.1 Å². The van der Waals surface area contributed by atoms with Crippen LogP contribution < -0.4 is 0 Å². The quantitative estimate of drug-likeness (QED) is 0.496. The van der Waals surface area contributed by atoms with Crippen LogP contribution in [0.15, 0.2) is 12.2 Å². The fraction of sp³-hybridized carbons (Fsp3) is 0.864. The molecule has 0 aromatic rings. The van der Waals surface area contributed by atoms with E-state index in [9.17, 15) is 9.90 Å². The number of carbonyl (C=O) groups excluding carboxylic acids is 1. The molecule has 1 fully saturated rings. The van der Waals surface area contributed by atoms with Gasteiger partial charge in [-0.15, -0.1) is 0 Å². The monoisotopic (exact) mass is 352 g/mol. The van der Waals surface area contributed by atoms with Crippen LogP contribution in [0.2, 0.25) is 0 Å². The van der Waals surface area contributed by atoms with Crippen LogP contribution in [-0.4, -0.2) is 22.3 Å². The lowest BCUT2D eigenvalue weighted by Crippen LogP contribution is -2.52. The van der Waals surface area contributed by atoms with Crippen LogP contribution in [0.25, 0.3) is 0 Å². The van der Waals surface area contributed by atoms with Gasteiger partial charge in [0.1, 0.15) is 5.60 Å². The Bertz CT molecular complexity index is 494. The van der Waals surface area contributed by atoms with Gasteiger partial charge in [0.15, 0.2) is 0 Å². The molecular weight excluding hydrogens is 312 g/mol. The average Bonchev–Trinajstić information content (AvgIpc) is 2.46. The van der Waals surface area contributed by atoms with E-state index < -0.39 is 16.6 Å². The van der Waals surface area contributed by atoms with Gasteiger partial charge in [-0.25, -0.2) is 0 Å². The van der Waals surface area contributed by atoms with E-state index >= 15 is 0 Å². The first-order chi connectivity index (χ1) is 11.2. The van der Waals surface area contributed by atoms with Crippen molar-refractivity contribution in [1.29, 1.82) is 0 Å². The van der Waals surface area contributed by atoms with E-state index in [1.165, 1.54) is 5.57 Å². The van der Waals surface area contributed by atoms with Crippen molar-refractivity contribution < 1.29 is 14.6 Å². The van der Waals surface area contributed by atoms with Crippen molar-refractivity contribution in [3.8, 4) is 0 Å². The molecule has 0 aliphatic heterocycles. The number of hydrogen-bond donors (Lipinski definition) is 1. The lowest BCUT2D eigenvalue weighted by molar-refractivity contribution is -0.193. The van der Waals surface area contributed by atoms with Crippen molar-refractivity contribution >= 4 is 5.97 Å². The van der Waals surface area contributed by atoms with E-state index in [-0.39, 0.29) is 11.4 Å². The van der Waals surface area contributed by atoms with Crippen molar-refractivity contribution in [2.45, 2.75) is 105 Å². The molecule has 1 aliphatic rings. The molecule has 3 nitrogen and oxygen atoms in total. The van der Waals surface area contributed by atoms with Crippen molar-refractivity contribution in [2.24, 2.45) is 16.7 Å². The van der Waals surface area contributed by atoms with Crippen LogP contribution in [0.3, 0.4) is 0 Å². The normalized spacial score (nSPS) is 27.7. The van der Waals surface area contributed by atoms with Crippen LogP contribution in [0, 0.1) is 16.7 Å². The third kappa shape index (κ3) is 4.87. The number of carbonyl (C=O) groups is 1. The van der Waals surface area contributed by atoms with Crippen LogP contribution >= 0.6 is 0 Å². The highest BCUT2D eigenvalue weighted by molar-refractivity contribution is 5.78. The molecule has 1 saturated carbocycles. The molecule has 1 aliphatic carbocycles. The summed E-state index contributed by atoms with van der Waals surface area (Å²) in [5.41, 5.74) is -1.12. The Morgan fingerprint density at radius 3 is 2.20 bits per heavy atom. The van der Waals surface area contributed by atoms with E-state index in [0.29, 0.717) is 12.3 Å². The zero-order valence-corrected chi connectivity index (χ0v) is 17.8. The number of aliphatic hydroxyl groups is 1. The Hall–Kier alpha value is -0.830. The second-order valence-electron chi connectivity index (χ2n) is 9.94. The van der Waals surface area contributed by atoms with Crippen molar-refractivity contribution in [3.63, 3.8) is 0 Å². The molecule has 1 rings (SSSR count). The third-order valence-corrected chi connectivity index (χ3v) is 6.46. The van der Waals surface area contributed by atoms with Gasteiger partial charge >= 0.3 is 5.97 Å². The van der Waals surface area contributed by atoms with Gasteiger partial charge < -0.3 is 9.84 Å². The zero-order valence-electron chi connectivity index (χ0n) is 17.8. The third-order valence-electron chi connectivity index (χ3n) is 6.46. The second kappa shape index (κ2) is 7.42. The maximum atomic E-state index is 13.4. The fourth-order valence-corrected chi connectivity index (χ4v) is 4.22. The molecular formula is C22H40O3. The maximum absolute atomic E-state index is 13.4. The van der Waals surface area contributed by atoms with E-state index in [1.807, 2.05) is 6.92 Å². The first-order valence-electron chi connectivity index (χ1n) is 9.83. The summed E-state index contributed by atoms with van der Waals surface area (Å²) in [7, 11) is 0. The largest absolute Gasteiger partial charge is 0.458 e. The molecule has 0 saturated heterocycles. The molecule has 3 heteroatoms.